The molecule has 1 aromatic carbocycles. The number of benzene rings is 1. The molecule has 0 unspecified atom stereocenters. The lowest BCUT2D eigenvalue weighted by molar-refractivity contribution is 0.0951. The van der Waals surface area contributed by atoms with Gasteiger partial charge in [0.25, 0.3) is 11.5 Å². The minimum absolute atomic E-state index is 0.0128. The number of nitriles is 1. The number of nitrogens with zero attached hydrogens (tertiary/aromatic N) is 5. The predicted molar refractivity (Wildman–Crippen MR) is 113 cm³/mol. The molecule has 9 nitrogen and oxygen atoms in total. The van der Waals surface area contributed by atoms with Crippen molar-refractivity contribution in [1.82, 2.24) is 24.5 Å². The Kier molecular flexibility index (Phi) is 5.28. The van der Waals surface area contributed by atoms with E-state index in [1.165, 1.54) is 26.6 Å². The van der Waals surface area contributed by atoms with Crippen LogP contribution < -0.4 is 16.6 Å². The van der Waals surface area contributed by atoms with Gasteiger partial charge in [0, 0.05) is 24.3 Å². The molecule has 0 spiro atoms. The second-order valence-electron chi connectivity index (χ2n) is 6.46. The number of rotatable bonds is 6. The third-order valence-corrected chi connectivity index (χ3v) is 5.34. The van der Waals surface area contributed by atoms with E-state index in [2.05, 4.69) is 21.5 Å². The maximum atomic E-state index is 12.4. The van der Waals surface area contributed by atoms with E-state index in [1.54, 1.807) is 11.6 Å². The summed E-state index contributed by atoms with van der Waals surface area (Å²) >= 11 is 1.32. The molecule has 0 saturated heterocycles. The largest absolute Gasteiger partial charge is 0.382 e. The molecule has 0 aliphatic rings. The van der Waals surface area contributed by atoms with Crippen LogP contribution in [0.4, 0.5) is 5.82 Å². The number of fused-ring (bicyclic) bond motifs is 1. The van der Waals surface area contributed by atoms with Crippen molar-refractivity contribution in [2.75, 3.05) is 12.3 Å². The number of hydrogen-bond acceptors (Lipinski definition) is 7. The van der Waals surface area contributed by atoms with Crippen molar-refractivity contribution in [2.45, 2.75) is 12.8 Å². The number of aryl methyl sites for hydroxylation is 1. The summed E-state index contributed by atoms with van der Waals surface area (Å²) in [5.74, 6) is -0.200. The van der Waals surface area contributed by atoms with Crippen molar-refractivity contribution >= 4 is 28.0 Å². The molecule has 0 atom stereocenters. The highest BCUT2D eigenvalue weighted by atomic mass is 32.1. The molecule has 0 bridgehead atoms. The Balaban J connectivity index is 1.42. The molecule has 4 rings (SSSR count). The van der Waals surface area contributed by atoms with E-state index in [1.807, 2.05) is 30.3 Å². The van der Waals surface area contributed by atoms with E-state index in [9.17, 15) is 14.9 Å². The van der Waals surface area contributed by atoms with Gasteiger partial charge in [0.2, 0.25) is 0 Å². The van der Waals surface area contributed by atoms with Crippen LogP contribution in [-0.2, 0) is 6.42 Å². The molecule has 4 aromatic rings. The molecule has 0 aliphatic carbocycles. The average molecular weight is 419 g/mol. The van der Waals surface area contributed by atoms with Gasteiger partial charge >= 0.3 is 0 Å². The summed E-state index contributed by atoms with van der Waals surface area (Å²) in [7, 11) is 0. The zero-order valence-corrected chi connectivity index (χ0v) is 16.6. The van der Waals surface area contributed by atoms with Gasteiger partial charge in [0.05, 0.1) is 11.4 Å². The topological polar surface area (TPSA) is 131 Å². The maximum Gasteiger partial charge on any atom is 0.271 e. The van der Waals surface area contributed by atoms with Gasteiger partial charge < -0.3 is 11.1 Å². The summed E-state index contributed by atoms with van der Waals surface area (Å²) in [5, 5.41) is 18.4. The molecule has 3 aromatic heterocycles. The van der Waals surface area contributed by atoms with Crippen LogP contribution >= 0.6 is 11.3 Å². The number of para-hydroxylation sites is 1. The molecular formula is C20H17N7O2S. The van der Waals surface area contributed by atoms with Crippen molar-refractivity contribution in [1.29, 1.82) is 5.26 Å². The van der Waals surface area contributed by atoms with Crippen molar-refractivity contribution in [3.05, 3.63) is 75.3 Å². The highest BCUT2D eigenvalue weighted by Gasteiger charge is 2.17. The molecule has 0 fully saturated rings. The highest BCUT2D eigenvalue weighted by molar-refractivity contribution is 7.15. The molecule has 30 heavy (non-hydrogen) atoms. The Morgan fingerprint density at radius 2 is 2.10 bits per heavy atom. The smallest absolute Gasteiger partial charge is 0.271 e. The second-order valence-corrected chi connectivity index (χ2v) is 7.33. The molecule has 150 valence electrons. The molecule has 0 radical (unpaired) electrons. The Morgan fingerprint density at radius 1 is 1.30 bits per heavy atom. The van der Waals surface area contributed by atoms with Gasteiger partial charge in [-0.25, -0.2) is 9.67 Å². The summed E-state index contributed by atoms with van der Waals surface area (Å²) < 4.78 is 2.88. The monoisotopic (exact) mass is 419 g/mol. The van der Waals surface area contributed by atoms with Crippen LogP contribution in [0.3, 0.4) is 0 Å². The van der Waals surface area contributed by atoms with Crippen molar-refractivity contribution in [2.24, 2.45) is 0 Å². The fourth-order valence-electron chi connectivity index (χ4n) is 3.07. The Bertz CT molecular complexity index is 1310. The molecule has 3 heterocycles. The average Bonchev–Trinajstić information content (AvgIpc) is 3.36. The van der Waals surface area contributed by atoms with Gasteiger partial charge in [0.1, 0.15) is 23.0 Å². The van der Waals surface area contributed by atoms with Crippen LogP contribution in [0.5, 0.6) is 0 Å². The molecule has 0 saturated carbocycles. The third-order valence-electron chi connectivity index (χ3n) is 4.57. The number of hydrogen-bond donors (Lipinski definition) is 2. The van der Waals surface area contributed by atoms with E-state index in [0.29, 0.717) is 35.6 Å². The number of carbonyl (C=O) groups is 1. The quantitative estimate of drug-likeness (QED) is 0.458. The number of nitrogens with one attached hydrogen (secondary N) is 1. The SMILES string of the molecule is N#Cc1c(CCCNC(=O)c2cnc3sccn3c2=O)nn(-c2ccccc2)c1N. The molecule has 1 amide bonds. The van der Waals surface area contributed by atoms with Gasteiger partial charge in [-0.1, -0.05) is 18.2 Å². The Labute approximate surface area is 175 Å². The van der Waals surface area contributed by atoms with Crippen molar-refractivity contribution in [3.8, 4) is 11.8 Å². The zero-order valence-electron chi connectivity index (χ0n) is 15.8. The summed E-state index contributed by atoms with van der Waals surface area (Å²) in [6.07, 6.45) is 3.86. The zero-order chi connectivity index (χ0) is 21.1. The number of nitrogen functional groups attached to an aromatic ring is 1. The van der Waals surface area contributed by atoms with Crippen LogP contribution in [0.1, 0.15) is 28.0 Å². The summed E-state index contributed by atoms with van der Waals surface area (Å²) in [4.78, 5) is 29.4. The number of thiazole rings is 1. The number of carbonyl (C=O) groups excluding carboxylic acids is 1. The van der Waals surface area contributed by atoms with Gasteiger partial charge in [0.15, 0.2) is 4.96 Å². The molecule has 10 heteroatoms. The van der Waals surface area contributed by atoms with E-state index in [-0.39, 0.29) is 11.4 Å². The van der Waals surface area contributed by atoms with Gasteiger partial charge in [-0.2, -0.15) is 10.4 Å². The first kappa shape index (κ1) is 19.4. The maximum absolute atomic E-state index is 12.4. The van der Waals surface area contributed by atoms with E-state index < -0.39 is 11.5 Å². The number of amides is 1. The van der Waals surface area contributed by atoms with Gasteiger partial charge in [-0.3, -0.25) is 14.0 Å². The minimum Gasteiger partial charge on any atom is -0.382 e. The fraction of sp³-hybridized carbons (Fsp3) is 0.150. The van der Waals surface area contributed by atoms with Gasteiger partial charge in [-0.15, -0.1) is 11.3 Å². The second kappa shape index (κ2) is 8.18. The number of anilines is 1. The third kappa shape index (κ3) is 3.54. The molecule has 3 N–H and O–H groups in total. The summed E-state index contributed by atoms with van der Waals surface area (Å²) in [6.45, 7) is 0.313. The predicted octanol–water partition coefficient (Wildman–Crippen LogP) is 1.76. The first-order chi connectivity index (χ1) is 14.6. The van der Waals surface area contributed by atoms with E-state index >= 15 is 0 Å². The Morgan fingerprint density at radius 3 is 2.87 bits per heavy atom. The lowest BCUT2D eigenvalue weighted by atomic mass is 10.1. The summed E-state index contributed by atoms with van der Waals surface area (Å²) in [5.41, 5.74) is 7.34. The summed E-state index contributed by atoms with van der Waals surface area (Å²) in [6, 6.07) is 11.4. The standard InChI is InChI=1S/C20H17N7O2S/c21-11-14-16(25-27(17(14)22)13-5-2-1-3-6-13)7-4-8-23-18(28)15-12-24-20-26(19(15)29)9-10-30-20/h1-3,5-6,9-10,12H,4,7-8,22H2,(H,23,28). The van der Waals surface area contributed by atoms with Crippen LogP contribution in [0, 0.1) is 11.3 Å². The minimum atomic E-state index is -0.483. The first-order valence-corrected chi connectivity index (χ1v) is 10.0. The lowest BCUT2D eigenvalue weighted by Crippen LogP contribution is -2.31. The fourth-order valence-corrected chi connectivity index (χ4v) is 3.75. The lowest BCUT2D eigenvalue weighted by Gasteiger charge is -2.04. The molecular weight excluding hydrogens is 402 g/mol. The van der Waals surface area contributed by atoms with Crippen molar-refractivity contribution < 1.29 is 4.79 Å². The van der Waals surface area contributed by atoms with Gasteiger partial charge in [-0.05, 0) is 25.0 Å². The van der Waals surface area contributed by atoms with Crippen LogP contribution in [0.2, 0.25) is 0 Å². The van der Waals surface area contributed by atoms with Crippen molar-refractivity contribution in [3.63, 3.8) is 0 Å². The first-order valence-electron chi connectivity index (χ1n) is 9.16. The highest BCUT2D eigenvalue weighted by Crippen LogP contribution is 2.21. The van der Waals surface area contributed by atoms with Crippen LogP contribution in [-0.4, -0.2) is 31.6 Å². The number of nitrogens with two attached hydrogens (primary N) is 1. The van der Waals surface area contributed by atoms with Crippen LogP contribution in [0.15, 0.2) is 52.9 Å². The van der Waals surface area contributed by atoms with E-state index in [4.69, 9.17) is 5.73 Å². The normalized spacial score (nSPS) is 10.8. The van der Waals surface area contributed by atoms with Crippen LogP contribution in [0.25, 0.3) is 10.6 Å². The molecule has 0 aliphatic heterocycles. The number of aromatic nitrogens is 4. The Hall–Kier alpha value is -3.97. The van der Waals surface area contributed by atoms with E-state index in [0.717, 1.165) is 5.69 Å².